The molecule has 0 atom stereocenters. The summed E-state index contributed by atoms with van der Waals surface area (Å²) in [4.78, 5) is 21.7. The summed E-state index contributed by atoms with van der Waals surface area (Å²) in [5.41, 5.74) is -0.606. The molecule has 0 fully saturated rings. The van der Waals surface area contributed by atoms with Crippen molar-refractivity contribution in [3.05, 3.63) is 11.8 Å². The van der Waals surface area contributed by atoms with Gasteiger partial charge in [-0.25, -0.2) is 9.59 Å². The first kappa shape index (κ1) is 12.9. The van der Waals surface area contributed by atoms with Crippen molar-refractivity contribution in [3.8, 4) is 0 Å². The quantitative estimate of drug-likeness (QED) is 0.806. The Labute approximate surface area is 97.0 Å². The fourth-order valence-corrected chi connectivity index (χ4v) is 0.873. The highest BCUT2D eigenvalue weighted by atomic mass is 16.6. The summed E-state index contributed by atoms with van der Waals surface area (Å²) >= 11 is 0. The van der Waals surface area contributed by atoms with Gasteiger partial charge in [0.25, 0.3) is 0 Å². The topological polar surface area (TPSA) is 115 Å². The van der Waals surface area contributed by atoms with Crippen LogP contribution < -0.4 is 5.32 Å². The molecule has 0 aliphatic heterocycles. The Morgan fingerprint density at radius 2 is 2.06 bits per heavy atom. The van der Waals surface area contributed by atoms with Gasteiger partial charge in [-0.2, -0.15) is 0 Å². The average molecular weight is 243 g/mol. The number of nitrogens with zero attached hydrogens (tertiary/aromatic N) is 2. The molecule has 94 valence electrons. The van der Waals surface area contributed by atoms with Crippen LogP contribution in [0.3, 0.4) is 0 Å². The molecule has 0 bridgehead atoms. The van der Waals surface area contributed by atoms with Crippen LogP contribution in [0.1, 0.15) is 37.3 Å². The zero-order valence-electron chi connectivity index (χ0n) is 9.68. The number of alkyl carbamates (subject to hydrolysis) is 1. The molecule has 0 aliphatic rings. The van der Waals surface area contributed by atoms with E-state index in [-0.39, 0.29) is 12.4 Å². The number of aromatic nitrogens is 2. The smallest absolute Gasteiger partial charge is 0.408 e. The van der Waals surface area contributed by atoms with Crippen LogP contribution in [0.25, 0.3) is 0 Å². The number of carbonyl (C=O) groups is 2. The van der Waals surface area contributed by atoms with Gasteiger partial charge in [0, 0.05) is 0 Å². The zero-order valence-corrected chi connectivity index (χ0v) is 9.68. The van der Waals surface area contributed by atoms with Gasteiger partial charge in [0.1, 0.15) is 5.60 Å². The van der Waals surface area contributed by atoms with Crippen molar-refractivity contribution in [2.75, 3.05) is 0 Å². The minimum atomic E-state index is -1.32. The molecular formula is C9H13N3O5. The van der Waals surface area contributed by atoms with Crippen molar-refractivity contribution in [3.63, 3.8) is 0 Å². The van der Waals surface area contributed by atoms with Gasteiger partial charge in [-0.3, -0.25) is 0 Å². The molecule has 0 aromatic carbocycles. The maximum Gasteiger partial charge on any atom is 0.408 e. The van der Waals surface area contributed by atoms with Gasteiger partial charge in [0.05, 0.1) is 6.54 Å². The van der Waals surface area contributed by atoms with Gasteiger partial charge >= 0.3 is 18.0 Å². The molecule has 1 rings (SSSR count). The van der Waals surface area contributed by atoms with Gasteiger partial charge in [-0.15, -0.1) is 10.2 Å². The number of amides is 1. The van der Waals surface area contributed by atoms with E-state index in [1.807, 2.05) is 0 Å². The first-order chi connectivity index (χ1) is 7.78. The standard InChI is InChI=1S/C9H13N3O5/c1-9(2,3)17-8(15)10-4-5-11-12-6(16-5)7(13)14/h4H2,1-3H3,(H,10,15)(H,13,14). The van der Waals surface area contributed by atoms with E-state index in [1.165, 1.54) is 0 Å². The lowest BCUT2D eigenvalue weighted by Crippen LogP contribution is -2.32. The second-order valence-corrected chi connectivity index (χ2v) is 4.16. The van der Waals surface area contributed by atoms with Crippen LogP contribution in [-0.4, -0.2) is 33.0 Å². The Kier molecular flexibility index (Phi) is 3.66. The fourth-order valence-electron chi connectivity index (χ4n) is 0.873. The SMILES string of the molecule is CC(C)(C)OC(=O)NCc1nnc(C(=O)O)o1. The Balaban J connectivity index is 2.45. The first-order valence-electron chi connectivity index (χ1n) is 4.80. The summed E-state index contributed by atoms with van der Waals surface area (Å²) in [5.74, 6) is -1.85. The molecule has 0 spiro atoms. The van der Waals surface area contributed by atoms with Gasteiger partial charge in [0.15, 0.2) is 0 Å². The Bertz CT molecular complexity index is 421. The van der Waals surface area contributed by atoms with Gasteiger partial charge < -0.3 is 19.6 Å². The number of hydrogen-bond donors (Lipinski definition) is 2. The molecule has 1 aromatic heterocycles. The zero-order chi connectivity index (χ0) is 13.1. The van der Waals surface area contributed by atoms with E-state index >= 15 is 0 Å². The van der Waals surface area contributed by atoms with Crippen LogP contribution in [0.15, 0.2) is 4.42 Å². The first-order valence-corrected chi connectivity index (χ1v) is 4.80. The van der Waals surface area contributed by atoms with Crippen molar-refractivity contribution in [1.29, 1.82) is 0 Å². The second-order valence-electron chi connectivity index (χ2n) is 4.16. The summed E-state index contributed by atoms with van der Waals surface area (Å²) in [6.45, 7) is 5.08. The largest absolute Gasteiger partial charge is 0.474 e. The van der Waals surface area contributed by atoms with Crippen LogP contribution in [0.2, 0.25) is 0 Å². The molecule has 1 aromatic rings. The monoisotopic (exact) mass is 243 g/mol. The second kappa shape index (κ2) is 4.81. The van der Waals surface area contributed by atoms with Crippen molar-refractivity contribution >= 4 is 12.1 Å². The van der Waals surface area contributed by atoms with Crippen molar-refractivity contribution in [2.45, 2.75) is 32.9 Å². The Hall–Kier alpha value is -2.12. The van der Waals surface area contributed by atoms with E-state index in [1.54, 1.807) is 20.8 Å². The van der Waals surface area contributed by atoms with E-state index in [2.05, 4.69) is 15.5 Å². The number of aromatic carboxylic acids is 1. The highest BCUT2D eigenvalue weighted by Gasteiger charge is 2.17. The Morgan fingerprint density at radius 3 is 2.53 bits per heavy atom. The average Bonchev–Trinajstić information content (AvgIpc) is 2.60. The number of carboxylic acid groups (broad SMARTS) is 1. The minimum Gasteiger partial charge on any atom is -0.474 e. The molecule has 2 N–H and O–H groups in total. The summed E-state index contributed by atoms with van der Waals surface area (Å²) in [7, 11) is 0. The highest BCUT2D eigenvalue weighted by molar-refractivity contribution is 5.81. The van der Waals surface area contributed by atoms with Crippen LogP contribution in [0, 0.1) is 0 Å². The molecule has 1 heterocycles. The maximum atomic E-state index is 11.2. The lowest BCUT2D eigenvalue weighted by molar-refractivity contribution is 0.0519. The number of rotatable bonds is 3. The third-order valence-electron chi connectivity index (χ3n) is 1.43. The van der Waals surface area contributed by atoms with Crippen molar-refractivity contribution in [1.82, 2.24) is 15.5 Å². The van der Waals surface area contributed by atoms with Crippen LogP contribution in [-0.2, 0) is 11.3 Å². The summed E-state index contributed by atoms with van der Waals surface area (Å²) < 4.78 is 9.69. The lowest BCUT2D eigenvalue weighted by Gasteiger charge is -2.19. The molecule has 0 saturated heterocycles. The fraction of sp³-hybridized carbons (Fsp3) is 0.556. The maximum absolute atomic E-state index is 11.2. The summed E-state index contributed by atoms with van der Waals surface area (Å²) in [6.07, 6.45) is -0.646. The van der Waals surface area contributed by atoms with Crippen molar-refractivity contribution < 1.29 is 23.8 Å². The third kappa shape index (κ3) is 4.49. The molecular weight excluding hydrogens is 230 g/mol. The van der Waals surface area contributed by atoms with Crippen molar-refractivity contribution in [2.24, 2.45) is 0 Å². The highest BCUT2D eigenvalue weighted by Crippen LogP contribution is 2.07. The van der Waals surface area contributed by atoms with Crippen LogP contribution in [0.4, 0.5) is 4.79 Å². The number of hydrogen-bond acceptors (Lipinski definition) is 6. The summed E-state index contributed by atoms with van der Waals surface area (Å²) in [5, 5.41) is 17.6. The minimum absolute atomic E-state index is 0.00624. The molecule has 8 nitrogen and oxygen atoms in total. The molecule has 8 heteroatoms. The normalized spacial score (nSPS) is 11.0. The molecule has 1 amide bonds. The third-order valence-corrected chi connectivity index (χ3v) is 1.43. The number of nitrogens with one attached hydrogen (secondary N) is 1. The number of carbonyl (C=O) groups excluding carboxylic acids is 1. The van der Waals surface area contributed by atoms with E-state index < -0.39 is 23.6 Å². The van der Waals surface area contributed by atoms with Gasteiger partial charge in [-0.05, 0) is 20.8 Å². The van der Waals surface area contributed by atoms with E-state index in [0.29, 0.717) is 0 Å². The van der Waals surface area contributed by atoms with E-state index in [4.69, 9.17) is 14.3 Å². The molecule has 0 radical (unpaired) electrons. The lowest BCUT2D eigenvalue weighted by atomic mass is 10.2. The predicted molar refractivity (Wildman–Crippen MR) is 54.3 cm³/mol. The van der Waals surface area contributed by atoms with Crippen LogP contribution >= 0.6 is 0 Å². The predicted octanol–water partition coefficient (Wildman–Crippen LogP) is 0.792. The van der Waals surface area contributed by atoms with E-state index in [0.717, 1.165) is 0 Å². The molecule has 17 heavy (non-hydrogen) atoms. The molecule has 0 unspecified atom stereocenters. The molecule has 0 saturated carbocycles. The Morgan fingerprint density at radius 1 is 1.41 bits per heavy atom. The number of ether oxygens (including phenoxy) is 1. The van der Waals surface area contributed by atoms with Gasteiger partial charge in [0.2, 0.25) is 5.89 Å². The number of carboxylic acids is 1. The van der Waals surface area contributed by atoms with Gasteiger partial charge in [-0.1, -0.05) is 0 Å². The van der Waals surface area contributed by atoms with Crippen LogP contribution in [0.5, 0.6) is 0 Å². The van der Waals surface area contributed by atoms with E-state index in [9.17, 15) is 9.59 Å². The molecule has 0 aliphatic carbocycles. The summed E-state index contributed by atoms with van der Waals surface area (Å²) in [6, 6.07) is 0.